The average molecular weight is 259 g/mol. The molecule has 17 heavy (non-hydrogen) atoms. The zero-order chi connectivity index (χ0) is 12.5. The van der Waals surface area contributed by atoms with Crippen LogP contribution in [-0.2, 0) is 9.84 Å². The predicted octanol–water partition coefficient (Wildman–Crippen LogP) is 1.84. The smallest absolute Gasteiger partial charge is 0.150 e. The summed E-state index contributed by atoms with van der Waals surface area (Å²) in [6.45, 7) is 4.51. The van der Waals surface area contributed by atoms with Crippen LogP contribution >= 0.6 is 0 Å². The molecule has 0 bridgehead atoms. The Morgan fingerprint density at radius 3 is 2.59 bits per heavy atom. The molecule has 4 atom stereocenters. The highest BCUT2D eigenvalue weighted by atomic mass is 32.2. The van der Waals surface area contributed by atoms with Gasteiger partial charge in [0.1, 0.15) is 9.84 Å². The van der Waals surface area contributed by atoms with Gasteiger partial charge in [0.2, 0.25) is 0 Å². The minimum Gasteiger partial charge on any atom is -0.316 e. The fraction of sp³-hybridized carbons (Fsp3) is 1.00. The largest absolute Gasteiger partial charge is 0.316 e. The molecule has 1 heterocycles. The normalized spacial score (nSPS) is 40.1. The van der Waals surface area contributed by atoms with Crippen molar-refractivity contribution in [3.63, 3.8) is 0 Å². The van der Waals surface area contributed by atoms with Crippen molar-refractivity contribution in [3.05, 3.63) is 0 Å². The van der Waals surface area contributed by atoms with Gasteiger partial charge < -0.3 is 5.32 Å². The van der Waals surface area contributed by atoms with Crippen LogP contribution in [0.4, 0.5) is 0 Å². The van der Waals surface area contributed by atoms with E-state index in [0.29, 0.717) is 11.8 Å². The lowest BCUT2D eigenvalue weighted by atomic mass is 9.72. The predicted molar refractivity (Wildman–Crippen MR) is 70.7 cm³/mol. The second-order valence-electron chi connectivity index (χ2n) is 6.01. The van der Waals surface area contributed by atoms with Gasteiger partial charge in [0.15, 0.2) is 0 Å². The maximum atomic E-state index is 11.7. The lowest BCUT2D eigenvalue weighted by Gasteiger charge is -2.39. The Kier molecular flexibility index (Phi) is 4.14. The summed E-state index contributed by atoms with van der Waals surface area (Å²) in [6, 6.07) is 0. The molecule has 0 aromatic heterocycles. The van der Waals surface area contributed by atoms with Gasteiger partial charge in [-0.2, -0.15) is 0 Å². The van der Waals surface area contributed by atoms with Crippen LogP contribution in [0, 0.1) is 17.8 Å². The van der Waals surface area contributed by atoms with Crippen molar-refractivity contribution in [1.29, 1.82) is 0 Å². The van der Waals surface area contributed by atoms with Gasteiger partial charge in [0, 0.05) is 6.26 Å². The van der Waals surface area contributed by atoms with E-state index >= 15 is 0 Å². The van der Waals surface area contributed by atoms with E-state index in [1.807, 2.05) is 0 Å². The van der Waals surface area contributed by atoms with Crippen molar-refractivity contribution < 1.29 is 8.42 Å². The van der Waals surface area contributed by atoms with Crippen LogP contribution in [-0.4, -0.2) is 33.0 Å². The van der Waals surface area contributed by atoms with Gasteiger partial charge in [-0.15, -0.1) is 0 Å². The van der Waals surface area contributed by atoms with Gasteiger partial charge in [-0.1, -0.05) is 19.8 Å². The highest BCUT2D eigenvalue weighted by molar-refractivity contribution is 7.91. The fourth-order valence-electron chi connectivity index (χ4n) is 3.69. The molecule has 0 spiro atoms. The molecule has 1 saturated heterocycles. The third kappa shape index (κ3) is 3.22. The number of hydrogen-bond donors (Lipinski definition) is 1. The highest BCUT2D eigenvalue weighted by Gasteiger charge is 2.35. The number of hydrogen-bond acceptors (Lipinski definition) is 3. The topological polar surface area (TPSA) is 46.2 Å². The molecule has 2 aliphatic rings. The zero-order valence-electron chi connectivity index (χ0n) is 11.0. The molecule has 4 unspecified atom stereocenters. The van der Waals surface area contributed by atoms with Crippen LogP contribution in [0.25, 0.3) is 0 Å². The second-order valence-corrected chi connectivity index (χ2v) is 8.34. The van der Waals surface area contributed by atoms with Gasteiger partial charge in [0.05, 0.1) is 5.25 Å². The first-order valence-electron chi connectivity index (χ1n) is 6.88. The third-order valence-corrected chi connectivity index (χ3v) is 6.37. The van der Waals surface area contributed by atoms with Gasteiger partial charge in [-0.25, -0.2) is 8.42 Å². The summed E-state index contributed by atoms with van der Waals surface area (Å²) >= 11 is 0. The van der Waals surface area contributed by atoms with Crippen LogP contribution in [0.3, 0.4) is 0 Å². The molecule has 2 rings (SSSR count). The van der Waals surface area contributed by atoms with E-state index in [-0.39, 0.29) is 5.25 Å². The van der Waals surface area contributed by atoms with Gasteiger partial charge in [-0.05, 0) is 50.1 Å². The van der Waals surface area contributed by atoms with E-state index in [9.17, 15) is 8.42 Å². The fourth-order valence-corrected chi connectivity index (χ4v) is 4.89. The number of nitrogens with one attached hydrogen (secondary N) is 1. The quantitative estimate of drug-likeness (QED) is 0.823. The van der Waals surface area contributed by atoms with Crippen LogP contribution in [0.1, 0.15) is 39.0 Å². The first kappa shape index (κ1) is 13.3. The second kappa shape index (κ2) is 5.27. The lowest BCUT2D eigenvalue weighted by Crippen LogP contribution is -2.41. The van der Waals surface area contributed by atoms with Gasteiger partial charge in [-0.3, -0.25) is 0 Å². The van der Waals surface area contributed by atoms with Crippen molar-refractivity contribution in [2.45, 2.75) is 44.3 Å². The van der Waals surface area contributed by atoms with E-state index in [2.05, 4.69) is 12.2 Å². The Balaban J connectivity index is 2.01. The molecule has 1 saturated carbocycles. The van der Waals surface area contributed by atoms with E-state index < -0.39 is 9.84 Å². The standard InChI is InChI=1S/C13H25NO2S/c1-10-9-14-7-6-13(10)11-4-3-5-12(8-11)17(2,15)16/h10-14H,3-9H2,1-2H3. The molecule has 1 aliphatic carbocycles. The summed E-state index contributed by atoms with van der Waals surface area (Å²) in [5.41, 5.74) is 0. The summed E-state index contributed by atoms with van der Waals surface area (Å²) in [6.07, 6.45) is 6.76. The Labute approximate surface area is 105 Å². The summed E-state index contributed by atoms with van der Waals surface area (Å²) in [5, 5.41) is 3.36. The van der Waals surface area contributed by atoms with E-state index in [0.717, 1.165) is 38.3 Å². The minimum absolute atomic E-state index is 0.0664. The Morgan fingerprint density at radius 2 is 1.94 bits per heavy atom. The first-order chi connectivity index (χ1) is 7.98. The number of sulfone groups is 1. The van der Waals surface area contributed by atoms with Crippen molar-refractivity contribution in [2.75, 3.05) is 19.3 Å². The molecule has 2 fully saturated rings. The zero-order valence-corrected chi connectivity index (χ0v) is 11.8. The van der Waals surface area contributed by atoms with Crippen molar-refractivity contribution in [2.24, 2.45) is 17.8 Å². The Morgan fingerprint density at radius 1 is 1.18 bits per heavy atom. The van der Waals surface area contributed by atoms with Crippen LogP contribution in [0.15, 0.2) is 0 Å². The SMILES string of the molecule is CC1CNCCC1C1CCCC(S(C)(=O)=O)C1. The monoisotopic (exact) mass is 259 g/mol. The Hall–Kier alpha value is -0.0900. The molecule has 0 radical (unpaired) electrons. The number of piperidine rings is 1. The molecular weight excluding hydrogens is 234 g/mol. The molecule has 1 N–H and O–H groups in total. The molecule has 1 aliphatic heterocycles. The molecule has 0 aromatic carbocycles. The first-order valence-corrected chi connectivity index (χ1v) is 8.83. The molecule has 0 aromatic rings. The van der Waals surface area contributed by atoms with E-state index in [4.69, 9.17) is 0 Å². The van der Waals surface area contributed by atoms with Crippen LogP contribution < -0.4 is 5.32 Å². The number of rotatable bonds is 2. The lowest BCUT2D eigenvalue weighted by molar-refractivity contribution is 0.151. The third-order valence-electron chi connectivity index (χ3n) is 4.73. The Bertz CT molecular complexity index is 352. The van der Waals surface area contributed by atoms with Crippen molar-refractivity contribution in [3.8, 4) is 0 Å². The maximum absolute atomic E-state index is 11.7. The minimum atomic E-state index is -2.83. The maximum Gasteiger partial charge on any atom is 0.150 e. The van der Waals surface area contributed by atoms with Gasteiger partial charge in [0.25, 0.3) is 0 Å². The van der Waals surface area contributed by atoms with E-state index in [1.165, 1.54) is 19.1 Å². The van der Waals surface area contributed by atoms with Crippen molar-refractivity contribution >= 4 is 9.84 Å². The summed E-state index contributed by atoms with van der Waals surface area (Å²) in [4.78, 5) is 0. The van der Waals surface area contributed by atoms with Gasteiger partial charge >= 0.3 is 0 Å². The molecule has 4 heteroatoms. The van der Waals surface area contributed by atoms with Crippen molar-refractivity contribution in [1.82, 2.24) is 5.32 Å². The summed E-state index contributed by atoms with van der Waals surface area (Å²) < 4.78 is 23.4. The summed E-state index contributed by atoms with van der Waals surface area (Å²) in [5.74, 6) is 2.08. The molecule has 100 valence electrons. The average Bonchev–Trinajstić information content (AvgIpc) is 2.29. The summed E-state index contributed by atoms with van der Waals surface area (Å²) in [7, 11) is -2.83. The molecule has 3 nitrogen and oxygen atoms in total. The van der Waals surface area contributed by atoms with Crippen LogP contribution in [0.5, 0.6) is 0 Å². The molecular formula is C13H25NO2S. The highest BCUT2D eigenvalue weighted by Crippen LogP contribution is 2.38. The molecule has 0 amide bonds. The van der Waals surface area contributed by atoms with E-state index in [1.54, 1.807) is 0 Å². The van der Waals surface area contributed by atoms with Crippen LogP contribution in [0.2, 0.25) is 0 Å².